The van der Waals surface area contributed by atoms with Crippen molar-refractivity contribution in [2.24, 2.45) is 9.50 Å². The van der Waals surface area contributed by atoms with E-state index >= 15 is 0 Å². The Balaban J connectivity index is 1.46. The summed E-state index contributed by atoms with van der Waals surface area (Å²) in [7, 11) is -3.46. The lowest BCUT2D eigenvalue weighted by Crippen LogP contribution is -2.26. The van der Waals surface area contributed by atoms with Crippen LogP contribution in [0.3, 0.4) is 0 Å². The number of anilines is 1. The molecule has 0 spiro atoms. The minimum Gasteiger partial charge on any atom is -0.474 e. The van der Waals surface area contributed by atoms with Crippen molar-refractivity contribution in [3.8, 4) is 5.88 Å². The van der Waals surface area contributed by atoms with Gasteiger partial charge in [-0.3, -0.25) is 0 Å². The lowest BCUT2D eigenvalue weighted by molar-refractivity contribution is 0.144. The maximum Gasteiger partial charge on any atom is 0.354 e. The van der Waals surface area contributed by atoms with Gasteiger partial charge in [-0.05, 0) is 54.9 Å². The van der Waals surface area contributed by atoms with E-state index < -0.39 is 15.9 Å². The molecule has 2 amide bonds. The number of aromatic nitrogens is 2. The number of urea groups is 1. The van der Waals surface area contributed by atoms with Gasteiger partial charge < -0.3 is 10.1 Å². The van der Waals surface area contributed by atoms with Crippen LogP contribution in [0.25, 0.3) is 0 Å². The Kier molecular flexibility index (Phi) is 3.60. The smallest absolute Gasteiger partial charge is 0.354 e. The number of ether oxygens (including phenoxy) is 1. The van der Waals surface area contributed by atoms with E-state index in [1.807, 2.05) is 6.92 Å². The molecule has 8 nitrogen and oxygen atoms in total. The van der Waals surface area contributed by atoms with Crippen molar-refractivity contribution >= 4 is 21.6 Å². The molecule has 1 aromatic carbocycles. The van der Waals surface area contributed by atoms with E-state index in [1.165, 1.54) is 28.5 Å². The van der Waals surface area contributed by atoms with Crippen LogP contribution in [-0.4, -0.2) is 26.1 Å². The van der Waals surface area contributed by atoms with Crippen molar-refractivity contribution in [1.82, 2.24) is 9.78 Å². The summed E-state index contributed by atoms with van der Waals surface area (Å²) >= 11 is 0. The minimum absolute atomic E-state index is 0.0287. The molecule has 5 rings (SSSR count). The molecule has 3 aliphatic rings. The summed E-state index contributed by atoms with van der Waals surface area (Å²) in [6.45, 7) is 2.58. The van der Waals surface area contributed by atoms with Gasteiger partial charge in [0.2, 0.25) is 5.88 Å². The zero-order valence-electron chi connectivity index (χ0n) is 15.0. The van der Waals surface area contributed by atoms with Gasteiger partial charge in [0.15, 0.2) is 9.92 Å². The van der Waals surface area contributed by atoms with Crippen molar-refractivity contribution in [2.75, 3.05) is 5.32 Å². The van der Waals surface area contributed by atoms with Crippen LogP contribution < -0.4 is 15.2 Å². The maximum absolute atomic E-state index is 13.0. The average molecular weight is 387 g/mol. The number of nitrogens with one attached hydrogen (secondary N) is 1. The topological polar surface area (TPSA) is 112 Å². The number of rotatable bonds is 2. The highest BCUT2D eigenvalue weighted by Gasteiger charge is 2.29. The molecule has 2 aromatic rings. The quantitative estimate of drug-likeness (QED) is 0.822. The van der Waals surface area contributed by atoms with Crippen LogP contribution in [0, 0.1) is 0 Å². The van der Waals surface area contributed by atoms with Gasteiger partial charge in [0.05, 0.1) is 12.3 Å². The maximum atomic E-state index is 13.0. The van der Waals surface area contributed by atoms with Gasteiger partial charge in [-0.15, -0.1) is 4.36 Å². The summed E-state index contributed by atoms with van der Waals surface area (Å²) in [4.78, 5) is 12.7. The first-order valence-corrected chi connectivity index (χ1v) is 10.7. The number of carbonyl (C=O) groups excluding carboxylic acids is 1. The Morgan fingerprint density at radius 2 is 2.04 bits per heavy atom. The third-order valence-electron chi connectivity index (χ3n) is 5.60. The first kappa shape index (κ1) is 16.8. The Hall–Kier alpha value is -2.39. The molecule has 3 N–H and O–H groups in total. The van der Waals surface area contributed by atoms with Crippen LogP contribution >= 0.6 is 0 Å². The molecule has 0 fully saturated rings. The molecule has 0 radical (unpaired) electrons. The summed E-state index contributed by atoms with van der Waals surface area (Å²) in [6, 6.07) is 1.54. The number of aryl methyl sites for hydroxylation is 3. The van der Waals surface area contributed by atoms with Crippen LogP contribution in [-0.2, 0) is 42.1 Å². The number of amides is 2. The molecule has 1 aromatic heterocycles. The molecule has 2 aliphatic carbocycles. The fourth-order valence-electron chi connectivity index (χ4n) is 3.91. The first-order chi connectivity index (χ1) is 12.9. The molecule has 9 heteroatoms. The summed E-state index contributed by atoms with van der Waals surface area (Å²) in [5.74, 6) is 0.339. The van der Waals surface area contributed by atoms with E-state index in [1.54, 1.807) is 4.68 Å². The second kappa shape index (κ2) is 5.80. The van der Waals surface area contributed by atoms with Crippen molar-refractivity contribution < 1.29 is 13.7 Å². The highest BCUT2D eigenvalue weighted by Crippen LogP contribution is 2.40. The normalized spacial score (nSPS) is 21.3. The largest absolute Gasteiger partial charge is 0.474 e. The second-order valence-corrected chi connectivity index (χ2v) is 9.13. The Bertz CT molecular complexity index is 1070. The predicted octanol–water partition coefficient (Wildman–Crippen LogP) is 2.18. The van der Waals surface area contributed by atoms with E-state index in [9.17, 15) is 9.00 Å². The molecular weight excluding hydrogens is 366 g/mol. The van der Waals surface area contributed by atoms with Gasteiger partial charge >= 0.3 is 6.03 Å². The number of fused-ring (bicyclic) bond motifs is 3. The third kappa shape index (κ3) is 2.64. The molecule has 2 unspecified atom stereocenters. The Morgan fingerprint density at radius 3 is 2.67 bits per heavy atom. The molecule has 0 bridgehead atoms. The average Bonchev–Trinajstić information content (AvgIpc) is 2.95. The number of carbonyl (C=O) groups is 1. The number of nitrogens with zero attached hydrogens (tertiary/aromatic N) is 3. The van der Waals surface area contributed by atoms with Crippen molar-refractivity contribution in [1.29, 1.82) is 0 Å². The van der Waals surface area contributed by atoms with Crippen molar-refractivity contribution in [3.63, 3.8) is 0 Å². The Morgan fingerprint density at radius 1 is 1.33 bits per heavy atom. The van der Waals surface area contributed by atoms with Crippen molar-refractivity contribution in [2.45, 2.75) is 56.6 Å². The minimum atomic E-state index is -3.46. The molecule has 0 saturated heterocycles. The predicted molar refractivity (Wildman–Crippen MR) is 100 cm³/mol. The van der Waals surface area contributed by atoms with Gasteiger partial charge in [-0.2, -0.15) is 5.10 Å². The van der Waals surface area contributed by atoms with E-state index in [0.717, 1.165) is 37.8 Å². The summed E-state index contributed by atoms with van der Waals surface area (Å²) < 4.78 is 24.1. The number of nitrogens with two attached hydrogens (primary N) is 1. The number of benzene rings is 1. The van der Waals surface area contributed by atoms with E-state index in [4.69, 9.17) is 9.88 Å². The lowest BCUT2D eigenvalue weighted by Gasteiger charge is -2.31. The number of hydrogen-bond acceptors (Lipinski definition) is 4. The molecule has 0 saturated carbocycles. The monoisotopic (exact) mass is 387 g/mol. The van der Waals surface area contributed by atoms with E-state index in [-0.39, 0.29) is 11.0 Å². The summed E-state index contributed by atoms with van der Waals surface area (Å²) in [6.07, 6.45) is 6.12. The lowest BCUT2D eigenvalue weighted by atomic mass is 9.76. The molecule has 142 valence electrons. The fourth-order valence-corrected chi connectivity index (χ4v) is 4.91. The van der Waals surface area contributed by atoms with Gasteiger partial charge in [0.1, 0.15) is 4.90 Å². The summed E-state index contributed by atoms with van der Waals surface area (Å²) in [5.41, 5.74) is 5.74. The SMILES string of the molecule is CC1CCn2ncc(S(N)(=O)=NC(=O)Nc3c4c(cc5c3CC5)CC4)c2O1. The number of hydrogen-bond donors (Lipinski definition) is 2. The van der Waals surface area contributed by atoms with Crippen LogP contribution in [0.5, 0.6) is 5.88 Å². The van der Waals surface area contributed by atoms with Crippen LogP contribution in [0.2, 0.25) is 0 Å². The van der Waals surface area contributed by atoms with Gasteiger partial charge in [-0.1, -0.05) is 6.07 Å². The van der Waals surface area contributed by atoms with Crippen LogP contribution in [0.1, 0.15) is 35.6 Å². The highest BCUT2D eigenvalue weighted by molar-refractivity contribution is 7.91. The highest BCUT2D eigenvalue weighted by atomic mass is 32.2. The second-order valence-electron chi connectivity index (χ2n) is 7.37. The van der Waals surface area contributed by atoms with Crippen molar-refractivity contribution in [3.05, 3.63) is 34.5 Å². The fraction of sp³-hybridized carbons (Fsp3) is 0.444. The molecule has 2 atom stereocenters. The van der Waals surface area contributed by atoms with E-state index in [2.05, 4.69) is 20.8 Å². The standard InChI is InChI=1S/C18H21N5O3S/c1-10-6-7-23-17(26-10)15(9-20-23)27(19,25)22-18(24)21-16-13-4-2-11(13)8-12-3-5-14(12)16/h8-10H,2-7H2,1H3,(H3,19,21,22,24,25). The summed E-state index contributed by atoms with van der Waals surface area (Å²) in [5, 5.41) is 12.9. The zero-order valence-corrected chi connectivity index (χ0v) is 15.8. The molecule has 1 aliphatic heterocycles. The van der Waals surface area contributed by atoms with Gasteiger partial charge in [0, 0.05) is 18.7 Å². The van der Waals surface area contributed by atoms with Crippen LogP contribution in [0.15, 0.2) is 21.5 Å². The third-order valence-corrected chi connectivity index (χ3v) is 6.95. The van der Waals surface area contributed by atoms with E-state index in [0.29, 0.717) is 12.4 Å². The van der Waals surface area contributed by atoms with Gasteiger partial charge in [-0.25, -0.2) is 18.8 Å². The van der Waals surface area contributed by atoms with Gasteiger partial charge in [0.25, 0.3) is 0 Å². The Labute approximate surface area is 157 Å². The molecule has 27 heavy (non-hydrogen) atoms. The molecule has 2 heterocycles. The molecular formula is C18H21N5O3S. The zero-order chi connectivity index (χ0) is 18.8. The first-order valence-electron chi connectivity index (χ1n) is 9.17. The van der Waals surface area contributed by atoms with Crippen LogP contribution in [0.4, 0.5) is 10.5 Å².